The summed E-state index contributed by atoms with van der Waals surface area (Å²) >= 11 is 0. The van der Waals surface area contributed by atoms with Crippen molar-refractivity contribution >= 4 is 17.8 Å². The van der Waals surface area contributed by atoms with E-state index in [1.54, 1.807) is 11.0 Å². The minimum Gasteiger partial charge on any atom is -0.452 e. The number of carbonyl (C=O) groups is 3. The molecule has 134 valence electrons. The fraction of sp³-hybridized carbons (Fsp3) is 0.421. The van der Waals surface area contributed by atoms with E-state index >= 15 is 0 Å². The van der Waals surface area contributed by atoms with Crippen LogP contribution < -0.4 is 5.32 Å². The van der Waals surface area contributed by atoms with Crippen molar-refractivity contribution in [1.29, 1.82) is 0 Å². The molecule has 6 nitrogen and oxygen atoms in total. The average molecular weight is 344 g/mol. The Morgan fingerprint density at radius 2 is 2.04 bits per heavy atom. The lowest BCUT2D eigenvalue weighted by atomic mass is 10.1. The van der Waals surface area contributed by atoms with E-state index in [9.17, 15) is 14.4 Å². The van der Waals surface area contributed by atoms with E-state index in [-0.39, 0.29) is 24.3 Å². The number of hydrogen-bond donors (Lipinski definition) is 1. The van der Waals surface area contributed by atoms with Gasteiger partial charge < -0.3 is 15.0 Å². The molecule has 0 unspecified atom stereocenters. The number of ether oxygens (including phenoxy) is 1. The van der Waals surface area contributed by atoms with Crippen molar-refractivity contribution in [2.24, 2.45) is 5.92 Å². The molecular weight excluding hydrogens is 320 g/mol. The number of likely N-dealkylation sites (tertiary alicyclic amines) is 1. The molecule has 25 heavy (non-hydrogen) atoms. The number of benzene rings is 1. The van der Waals surface area contributed by atoms with Gasteiger partial charge in [0.05, 0.1) is 12.0 Å². The second kappa shape index (κ2) is 8.46. The van der Waals surface area contributed by atoms with Crippen LogP contribution in [0.1, 0.15) is 31.9 Å². The van der Waals surface area contributed by atoms with Crippen LogP contribution in [0.15, 0.2) is 43.0 Å². The van der Waals surface area contributed by atoms with Crippen LogP contribution in [0.3, 0.4) is 0 Å². The van der Waals surface area contributed by atoms with E-state index in [1.165, 1.54) is 6.92 Å². The van der Waals surface area contributed by atoms with Crippen LogP contribution in [0.2, 0.25) is 0 Å². The summed E-state index contributed by atoms with van der Waals surface area (Å²) in [7, 11) is 0. The maximum Gasteiger partial charge on any atom is 0.312 e. The summed E-state index contributed by atoms with van der Waals surface area (Å²) in [5.41, 5.74) is 1.02. The Bertz CT molecular complexity index is 644. The van der Waals surface area contributed by atoms with Crippen molar-refractivity contribution in [2.45, 2.75) is 32.4 Å². The van der Waals surface area contributed by atoms with Crippen molar-refractivity contribution < 1.29 is 19.1 Å². The van der Waals surface area contributed by atoms with Crippen LogP contribution in [0, 0.1) is 5.92 Å². The molecule has 0 spiro atoms. The highest BCUT2D eigenvalue weighted by Gasteiger charge is 2.38. The molecule has 1 saturated heterocycles. The molecule has 2 amide bonds. The topological polar surface area (TPSA) is 75.7 Å². The molecule has 1 aromatic carbocycles. The minimum absolute atomic E-state index is 0.0814. The van der Waals surface area contributed by atoms with Gasteiger partial charge in [0.15, 0.2) is 6.10 Å². The highest BCUT2D eigenvalue weighted by Crippen LogP contribution is 2.29. The molecule has 0 saturated carbocycles. The summed E-state index contributed by atoms with van der Waals surface area (Å²) in [6.07, 6.45) is 0.755. The Kier molecular flexibility index (Phi) is 6.33. The van der Waals surface area contributed by atoms with Gasteiger partial charge in [-0.1, -0.05) is 36.4 Å². The third kappa shape index (κ3) is 4.68. The molecule has 2 rings (SSSR count). The van der Waals surface area contributed by atoms with Gasteiger partial charge in [-0.3, -0.25) is 14.4 Å². The molecular formula is C19H24N2O4. The van der Waals surface area contributed by atoms with Gasteiger partial charge in [-0.2, -0.15) is 0 Å². The van der Waals surface area contributed by atoms with E-state index in [0.29, 0.717) is 13.1 Å². The quantitative estimate of drug-likeness (QED) is 0.605. The molecule has 1 N–H and O–H groups in total. The highest BCUT2D eigenvalue weighted by molar-refractivity contribution is 5.89. The fourth-order valence-electron chi connectivity index (χ4n) is 2.82. The average Bonchev–Trinajstić information content (AvgIpc) is 3.01. The second-order valence-electron chi connectivity index (χ2n) is 6.15. The van der Waals surface area contributed by atoms with Crippen LogP contribution in [0.5, 0.6) is 0 Å². The number of rotatable bonds is 7. The van der Waals surface area contributed by atoms with E-state index in [1.807, 2.05) is 37.3 Å². The van der Waals surface area contributed by atoms with Gasteiger partial charge in [-0.05, 0) is 19.4 Å². The second-order valence-corrected chi connectivity index (χ2v) is 6.15. The predicted molar refractivity (Wildman–Crippen MR) is 93.4 cm³/mol. The first-order valence-electron chi connectivity index (χ1n) is 8.37. The lowest BCUT2D eigenvalue weighted by molar-refractivity contribution is -0.158. The Morgan fingerprint density at radius 3 is 2.68 bits per heavy atom. The first-order chi connectivity index (χ1) is 11.9. The zero-order chi connectivity index (χ0) is 18.4. The third-order valence-corrected chi connectivity index (χ3v) is 4.32. The van der Waals surface area contributed by atoms with Gasteiger partial charge in [0.25, 0.3) is 5.91 Å². The van der Waals surface area contributed by atoms with E-state index in [2.05, 4.69) is 11.9 Å². The lowest BCUT2D eigenvalue weighted by Crippen LogP contribution is -2.37. The SMILES string of the molecule is C=CCNC(=O)[C@H](C)OC(=O)[C@@H]1CC(=O)N([C@@H](C)c2ccccc2)C1. The van der Waals surface area contributed by atoms with E-state index < -0.39 is 18.0 Å². The largest absolute Gasteiger partial charge is 0.452 e. The summed E-state index contributed by atoms with van der Waals surface area (Å²) in [6.45, 7) is 7.57. The van der Waals surface area contributed by atoms with Crippen LogP contribution in [0.4, 0.5) is 0 Å². The van der Waals surface area contributed by atoms with E-state index in [0.717, 1.165) is 5.56 Å². The molecule has 0 bridgehead atoms. The van der Waals surface area contributed by atoms with Gasteiger partial charge in [-0.15, -0.1) is 6.58 Å². The Balaban J connectivity index is 1.94. The maximum absolute atomic E-state index is 12.3. The Labute approximate surface area is 147 Å². The van der Waals surface area contributed by atoms with Gasteiger partial charge in [0.2, 0.25) is 5.91 Å². The zero-order valence-electron chi connectivity index (χ0n) is 14.6. The standard InChI is InChI=1S/C19H24N2O4/c1-4-10-20-18(23)14(3)25-19(24)16-11-17(22)21(12-16)13(2)15-8-6-5-7-9-15/h4-9,13-14,16H,1,10-12H2,2-3H3,(H,20,23)/t13-,14-,16+/m0/s1. The van der Waals surface area contributed by atoms with Crippen molar-refractivity contribution in [3.05, 3.63) is 48.6 Å². The Hall–Kier alpha value is -2.63. The Morgan fingerprint density at radius 1 is 1.36 bits per heavy atom. The molecule has 1 aromatic rings. The van der Waals surface area contributed by atoms with Crippen molar-refractivity contribution in [3.63, 3.8) is 0 Å². The summed E-state index contributed by atoms with van der Waals surface area (Å²) in [5.74, 6) is -1.53. The van der Waals surface area contributed by atoms with Crippen molar-refractivity contribution in [3.8, 4) is 0 Å². The zero-order valence-corrected chi connectivity index (χ0v) is 14.6. The van der Waals surface area contributed by atoms with Crippen LogP contribution in [-0.2, 0) is 19.1 Å². The lowest BCUT2D eigenvalue weighted by Gasteiger charge is -2.25. The predicted octanol–water partition coefficient (Wildman–Crippen LogP) is 1.83. The van der Waals surface area contributed by atoms with E-state index in [4.69, 9.17) is 4.74 Å². The molecule has 1 aliphatic rings. The smallest absolute Gasteiger partial charge is 0.312 e. The first kappa shape index (κ1) is 18.7. The van der Waals surface area contributed by atoms with Crippen molar-refractivity contribution in [1.82, 2.24) is 10.2 Å². The van der Waals surface area contributed by atoms with Crippen molar-refractivity contribution in [2.75, 3.05) is 13.1 Å². The van der Waals surface area contributed by atoms with Crippen LogP contribution >= 0.6 is 0 Å². The number of nitrogens with zero attached hydrogens (tertiary/aromatic N) is 1. The summed E-state index contributed by atoms with van der Waals surface area (Å²) in [5, 5.41) is 2.57. The number of amides is 2. The summed E-state index contributed by atoms with van der Waals surface area (Å²) < 4.78 is 5.21. The molecule has 6 heteroatoms. The van der Waals surface area contributed by atoms with Gasteiger partial charge >= 0.3 is 5.97 Å². The van der Waals surface area contributed by atoms with Gasteiger partial charge in [0, 0.05) is 19.5 Å². The summed E-state index contributed by atoms with van der Waals surface area (Å²) in [6, 6.07) is 9.55. The molecule has 0 aliphatic carbocycles. The monoisotopic (exact) mass is 344 g/mol. The molecule has 0 radical (unpaired) electrons. The number of carbonyl (C=O) groups excluding carboxylic acids is 3. The number of nitrogens with one attached hydrogen (secondary N) is 1. The normalized spacial score (nSPS) is 19.2. The maximum atomic E-state index is 12.3. The van der Waals surface area contributed by atoms with Crippen LogP contribution in [-0.4, -0.2) is 41.9 Å². The first-order valence-corrected chi connectivity index (χ1v) is 8.37. The molecule has 1 fully saturated rings. The van der Waals surface area contributed by atoms with Gasteiger partial charge in [0.1, 0.15) is 0 Å². The van der Waals surface area contributed by atoms with Gasteiger partial charge in [-0.25, -0.2) is 0 Å². The van der Waals surface area contributed by atoms with Crippen LogP contribution in [0.25, 0.3) is 0 Å². The third-order valence-electron chi connectivity index (χ3n) is 4.32. The highest BCUT2D eigenvalue weighted by atomic mass is 16.5. The molecule has 0 aromatic heterocycles. The molecule has 3 atom stereocenters. The number of esters is 1. The fourth-order valence-corrected chi connectivity index (χ4v) is 2.82. The minimum atomic E-state index is -0.900. The molecule has 1 heterocycles. The number of hydrogen-bond acceptors (Lipinski definition) is 4. The summed E-state index contributed by atoms with van der Waals surface area (Å²) in [4.78, 5) is 38.0. The molecule has 1 aliphatic heterocycles.